The highest BCUT2D eigenvalue weighted by Crippen LogP contribution is 2.33. The molecule has 3 aliphatic heterocycles. The van der Waals surface area contributed by atoms with Crippen molar-refractivity contribution in [3.8, 4) is 0 Å². The molecule has 3 heterocycles. The summed E-state index contributed by atoms with van der Waals surface area (Å²) in [4.78, 5) is 20.2. The Morgan fingerprint density at radius 3 is 2.35 bits per heavy atom. The minimum Gasteiger partial charge on any atom is -0.465 e. The van der Waals surface area contributed by atoms with Crippen molar-refractivity contribution in [2.75, 3.05) is 64.3 Å². The van der Waals surface area contributed by atoms with Crippen LogP contribution in [0.15, 0.2) is 18.2 Å². The summed E-state index contributed by atoms with van der Waals surface area (Å²) in [6.07, 6.45) is -0.762. The molecule has 0 saturated carbocycles. The number of likely N-dealkylation sites (N-methyl/N-ethyl adjacent to an activating group) is 1. The average Bonchev–Trinajstić information content (AvgIpc) is 3.16. The van der Waals surface area contributed by atoms with Crippen LogP contribution in [0.1, 0.15) is 11.1 Å². The SMILES string of the molecule is Cc1c(CN2CC3CN(C(=O)O)CC3C2)cccc1N1CCN(C)CC1. The van der Waals surface area contributed by atoms with Gasteiger partial charge in [-0.05, 0) is 43.0 Å². The third-order valence-electron chi connectivity index (χ3n) is 6.49. The van der Waals surface area contributed by atoms with Crippen LogP contribution in [0.5, 0.6) is 0 Å². The molecule has 4 rings (SSSR count). The Labute approximate surface area is 156 Å². The summed E-state index contributed by atoms with van der Waals surface area (Å²) in [5.41, 5.74) is 4.20. The van der Waals surface area contributed by atoms with Crippen molar-refractivity contribution >= 4 is 11.8 Å². The summed E-state index contributed by atoms with van der Waals surface area (Å²) in [7, 11) is 2.19. The molecule has 6 nitrogen and oxygen atoms in total. The van der Waals surface area contributed by atoms with E-state index in [2.05, 4.69) is 46.9 Å². The Morgan fingerprint density at radius 1 is 1.08 bits per heavy atom. The second kappa shape index (κ2) is 7.08. The molecule has 142 valence electrons. The van der Waals surface area contributed by atoms with Gasteiger partial charge in [-0.15, -0.1) is 0 Å². The van der Waals surface area contributed by atoms with Crippen LogP contribution in [-0.4, -0.2) is 85.3 Å². The zero-order chi connectivity index (χ0) is 18.3. The Kier molecular flexibility index (Phi) is 4.80. The molecular weight excluding hydrogens is 328 g/mol. The van der Waals surface area contributed by atoms with E-state index in [4.69, 9.17) is 0 Å². The predicted octanol–water partition coefficient (Wildman–Crippen LogP) is 1.79. The molecule has 1 amide bonds. The van der Waals surface area contributed by atoms with E-state index in [1.165, 1.54) is 16.8 Å². The van der Waals surface area contributed by atoms with Crippen LogP contribution in [0.3, 0.4) is 0 Å². The van der Waals surface area contributed by atoms with Crippen molar-refractivity contribution in [2.45, 2.75) is 13.5 Å². The van der Waals surface area contributed by atoms with Crippen molar-refractivity contribution in [1.29, 1.82) is 0 Å². The van der Waals surface area contributed by atoms with Gasteiger partial charge in [0.2, 0.25) is 0 Å². The summed E-state index contributed by atoms with van der Waals surface area (Å²) < 4.78 is 0. The van der Waals surface area contributed by atoms with Crippen LogP contribution >= 0.6 is 0 Å². The number of likely N-dealkylation sites (tertiary alicyclic amines) is 2. The van der Waals surface area contributed by atoms with E-state index in [1.807, 2.05) is 0 Å². The van der Waals surface area contributed by atoms with Crippen LogP contribution in [0, 0.1) is 18.8 Å². The quantitative estimate of drug-likeness (QED) is 0.893. The molecule has 0 spiro atoms. The standard InChI is InChI=1S/C20H30N4O2/c1-15-16(4-3-5-19(15)23-8-6-21(2)7-9-23)10-22-11-17-13-24(20(25)26)14-18(17)12-22/h3-5,17-18H,6-14H2,1-2H3,(H,25,26). The van der Waals surface area contributed by atoms with Crippen molar-refractivity contribution in [3.05, 3.63) is 29.3 Å². The maximum atomic E-state index is 11.2. The van der Waals surface area contributed by atoms with Gasteiger partial charge in [0.15, 0.2) is 0 Å². The van der Waals surface area contributed by atoms with Crippen LogP contribution < -0.4 is 4.90 Å². The van der Waals surface area contributed by atoms with E-state index < -0.39 is 6.09 Å². The first-order valence-corrected chi connectivity index (χ1v) is 9.73. The lowest BCUT2D eigenvalue weighted by molar-refractivity contribution is 0.148. The van der Waals surface area contributed by atoms with Crippen molar-refractivity contribution < 1.29 is 9.90 Å². The first kappa shape index (κ1) is 17.6. The van der Waals surface area contributed by atoms with Crippen molar-refractivity contribution in [1.82, 2.24) is 14.7 Å². The highest BCUT2D eigenvalue weighted by Gasteiger charge is 2.41. The van der Waals surface area contributed by atoms with E-state index in [0.717, 1.165) is 45.8 Å². The van der Waals surface area contributed by atoms with Gasteiger partial charge in [-0.2, -0.15) is 0 Å². The number of hydrogen-bond acceptors (Lipinski definition) is 4. The minimum absolute atomic E-state index is 0.507. The molecule has 1 aromatic carbocycles. The topological polar surface area (TPSA) is 50.3 Å². The van der Waals surface area contributed by atoms with E-state index >= 15 is 0 Å². The number of carbonyl (C=O) groups is 1. The molecule has 3 saturated heterocycles. The van der Waals surface area contributed by atoms with Gasteiger partial charge in [-0.25, -0.2) is 4.79 Å². The third-order valence-corrected chi connectivity index (χ3v) is 6.49. The summed E-state index contributed by atoms with van der Waals surface area (Å²) in [5.74, 6) is 1.01. The summed E-state index contributed by atoms with van der Waals surface area (Å²) in [6.45, 7) is 11.1. The summed E-state index contributed by atoms with van der Waals surface area (Å²) in [5, 5.41) is 9.18. The molecule has 1 aromatic rings. The smallest absolute Gasteiger partial charge is 0.407 e. The van der Waals surface area contributed by atoms with Gasteiger partial charge in [0.05, 0.1) is 0 Å². The molecule has 3 aliphatic rings. The number of piperazine rings is 1. The van der Waals surface area contributed by atoms with Crippen LogP contribution in [-0.2, 0) is 6.54 Å². The highest BCUT2D eigenvalue weighted by molar-refractivity contribution is 5.65. The van der Waals surface area contributed by atoms with Crippen LogP contribution in [0.4, 0.5) is 10.5 Å². The summed E-state index contributed by atoms with van der Waals surface area (Å²) in [6, 6.07) is 6.71. The lowest BCUT2D eigenvalue weighted by atomic mass is 10.0. The number of hydrogen-bond donors (Lipinski definition) is 1. The minimum atomic E-state index is -0.762. The van der Waals surface area contributed by atoms with E-state index in [-0.39, 0.29) is 0 Å². The fraction of sp³-hybridized carbons (Fsp3) is 0.650. The van der Waals surface area contributed by atoms with Gasteiger partial charge in [0, 0.05) is 64.6 Å². The Balaban J connectivity index is 1.40. The van der Waals surface area contributed by atoms with Crippen molar-refractivity contribution in [2.24, 2.45) is 11.8 Å². The second-order valence-electron chi connectivity index (χ2n) is 8.25. The number of rotatable bonds is 3. The Bertz CT molecular complexity index is 658. The zero-order valence-electron chi connectivity index (χ0n) is 15.9. The fourth-order valence-electron chi connectivity index (χ4n) is 4.85. The van der Waals surface area contributed by atoms with Gasteiger partial charge >= 0.3 is 6.09 Å². The molecule has 0 aromatic heterocycles. The van der Waals surface area contributed by atoms with E-state index in [9.17, 15) is 9.90 Å². The molecule has 26 heavy (non-hydrogen) atoms. The molecule has 1 N–H and O–H groups in total. The molecule has 6 heteroatoms. The maximum absolute atomic E-state index is 11.2. The number of benzene rings is 1. The number of nitrogens with zero attached hydrogens (tertiary/aromatic N) is 4. The zero-order valence-corrected chi connectivity index (χ0v) is 15.9. The lowest BCUT2D eigenvalue weighted by Crippen LogP contribution is -2.44. The molecule has 3 fully saturated rings. The Hall–Kier alpha value is -1.79. The molecule has 2 unspecified atom stereocenters. The number of anilines is 1. The molecule has 0 aliphatic carbocycles. The van der Waals surface area contributed by atoms with E-state index in [1.54, 1.807) is 4.90 Å². The average molecular weight is 358 g/mol. The van der Waals surface area contributed by atoms with Gasteiger partial charge in [0.1, 0.15) is 0 Å². The largest absolute Gasteiger partial charge is 0.465 e. The molecule has 2 atom stereocenters. The normalized spacial score (nSPS) is 27.2. The van der Waals surface area contributed by atoms with Crippen LogP contribution in [0.25, 0.3) is 0 Å². The Morgan fingerprint density at radius 2 is 1.73 bits per heavy atom. The first-order chi connectivity index (χ1) is 12.5. The monoisotopic (exact) mass is 358 g/mol. The van der Waals surface area contributed by atoms with E-state index in [0.29, 0.717) is 24.9 Å². The van der Waals surface area contributed by atoms with Gasteiger partial charge in [0.25, 0.3) is 0 Å². The number of carboxylic acid groups (broad SMARTS) is 1. The fourth-order valence-corrected chi connectivity index (χ4v) is 4.85. The third kappa shape index (κ3) is 3.40. The molecule has 0 bridgehead atoms. The van der Waals surface area contributed by atoms with Crippen molar-refractivity contribution in [3.63, 3.8) is 0 Å². The first-order valence-electron chi connectivity index (χ1n) is 9.73. The molecule has 0 radical (unpaired) electrons. The maximum Gasteiger partial charge on any atom is 0.407 e. The summed E-state index contributed by atoms with van der Waals surface area (Å²) >= 11 is 0. The number of fused-ring (bicyclic) bond motifs is 1. The van der Waals surface area contributed by atoms with Gasteiger partial charge in [-0.1, -0.05) is 12.1 Å². The van der Waals surface area contributed by atoms with Gasteiger partial charge in [-0.3, -0.25) is 4.90 Å². The van der Waals surface area contributed by atoms with Crippen LogP contribution in [0.2, 0.25) is 0 Å². The second-order valence-corrected chi connectivity index (χ2v) is 8.25. The predicted molar refractivity (Wildman–Crippen MR) is 103 cm³/mol. The lowest BCUT2D eigenvalue weighted by Gasteiger charge is -2.35. The molecular formula is C20H30N4O2. The number of amides is 1. The van der Waals surface area contributed by atoms with Gasteiger partial charge < -0.3 is 19.8 Å². The highest BCUT2D eigenvalue weighted by atomic mass is 16.4.